The van der Waals surface area contributed by atoms with E-state index in [2.05, 4.69) is 15.6 Å². The van der Waals surface area contributed by atoms with E-state index in [1.165, 1.54) is 20.2 Å². The number of H-pyrrole nitrogens is 2. The van der Waals surface area contributed by atoms with Gasteiger partial charge in [-0.15, -0.1) is 0 Å². The van der Waals surface area contributed by atoms with Gasteiger partial charge < -0.3 is 10.6 Å². The van der Waals surface area contributed by atoms with E-state index < -0.39 is 38.7 Å². The third kappa shape index (κ3) is 2.09. The van der Waals surface area contributed by atoms with Crippen molar-refractivity contribution in [2.45, 2.75) is 5.41 Å². The molecule has 1 spiro atoms. The van der Waals surface area contributed by atoms with E-state index in [-0.39, 0.29) is 39.7 Å². The normalized spacial score (nSPS) is 17.9. The molecule has 1 atom stereocenters. The number of hydrogen-bond donors (Lipinski definition) is 4. The van der Waals surface area contributed by atoms with Crippen LogP contribution in [0.25, 0.3) is 0 Å². The number of nitrogens with zero attached hydrogens (tertiary/aromatic N) is 3. The first kappa shape index (κ1) is 19.2. The molecular weight excluding hydrogens is 426 g/mol. The number of fused-ring (bicyclic) bond motifs is 6. The van der Waals surface area contributed by atoms with E-state index in [9.17, 15) is 34.1 Å². The van der Waals surface area contributed by atoms with Crippen LogP contribution >= 0.6 is 0 Å². The summed E-state index contributed by atoms with van der Waals surface area (Å²) in [6.07, 6.45) is 0. The standard InChI is InChI=1S/C18H13N7O7/c1-23-12-10(14(27)24(2)17(23)30)18(9-11(20-12)21-16(29)22-13(9)26)7-5-6(25(31)32)3-4-8(7)19-15(18)28/h3-5H,1-2H3,(H,19,28)(H3,20,21,22,26,29). The Hall–Kier alpha value is -4.75. The number of amides is 1. The van der Waals surface area contributed by atoms with Crippen LogP contribution in [0.2, 0.25) is 0 Å². The summed E-state index contributed by atoms with van der Waals surface area (Å²) in [4.78, 5) is 79.5. The van der Waals surface area contributed by atoms with E-state index in [1.807, 2.05) is 4.98 Å². The number of aromatic nitrogens is 4. The SMILES string of the molecule is Cn1c2c(c(=O)n(C)c1=O)C1(C(=O)Nc3ccc([N+](=O)[O-])cc31)c1c([nH]c(=O)[nH]c1=O)N2. The van der Waals surface area contributed by atoms with Crippen LogP contribution in [0.1, 0.15) is 16.7 Å². The molecule has 2 aliphatic rings. The summed E-state index contributed by atoms with van der Waals surface area (Å²) >= 11 is 0. The Kier molecular flexibility index (Phi) is 3.55. The molecule has 3 aromatic rings. The molecule has 5 rings (SSSR count). The summed E-state index contributed by atoms with van der Waals surface area (Å²) in [6.45, 7) is 0. The maximum absolute atomic E-state index is 13.5. The lowest BCUT2D eigenvalue weighted by Gasteiger charge is -2.35. The molecule has 1 amide bonds. The Labute approximate surface area is 175 Å². The molecule has 4 N–H and O–H groups in total. The molecule has 162 valence electrons. The molecule has 32 heavy (non-hydrogen) atoms. The van der Waals surface area contributed by atoms with Crippen LogP contribution in [0, 0.1) is 10.1 Å². The third-order valence-corrected chi connectivity index (χ3v) is 5.81. The Morgan fingerprint density at radius 1 is 0.969 bits per heavy atom. The zero-order chi connectivity index (χ0) is 23.1. The van der Waals surface area contributed by atoms with Crippen molar-refractivity contribution in [2.75, 3.05) is 10.6 Å². The van der Waals surface area contributed by atoms with Gasteiger partial charge in [-0.3, -0.25) is 43.6 Å². The third-order valence-electron chi connectivity index (χ3n) is 5.81. The lowest BCUT2D eigenvalue weighted by atomic mass is 9.69. The van der Waals surface area contributed by atoms with Gasteiger partial charge in [-0.25, -0.2) is 9.59 Å². The average molecular weight is 439 g/mol. The molecule has 0 aliphatic carbocycles. The first-order valence-electron chi connectivity index (χ1n) is 9.14. The van der Waals surface area contributed by atoms with Crippen molar-refractivity contribution in [3.8, 4) is 0 Å². The zero-order valence-corrected chi connectivity index (χ0v) is 16.4. The molecule has 4 heterocycles. The predicted octanol–water partition coefficient (Wildman–Crippen LogP) is -1.29. The Morgan fingerprint density at radius 2 is 1.69 bits per heavy atom. The van der Waals surface area contributed by atoms with Crippen LogP contribution in [0.5, 0.6) is 0 Å². The van der Waals surface area contributed by atoms with Crippen LogP contribution < -0.4 is 33.1 Å². The highest BCUT2D eigenvalue weighted by Crippen LogP contribution is 2.52. The minimum absolute atomic E-state index is 0.0333. The number of nitro groups is 1. The summed E-state index contributed by atoms with van der Waals surface area (Å²) in [5.41, 5.74) is -6.57. The maximum Gasteiger partial charge on any atom is 0.332 e. The molecule has 1 aromatic carbocycles. The first-order valence-corrected chi connectivity index (χ1v) is 9.14. The molecule has 0 bridgehead atoms. The quantitative estimate of drug-likeness (QED) is 0.266. The van der Waals surface area contributed by atoms with Crippen molar-refractivity contribution in [2.24, 2.45) is 14.1 Å². The molecule has 1 unspecified atom stereocenters. The fraction of sp³-hybridized carbons (Fsp3) is 0.167. The maximum atomic E-state index is 13.5. The van der Waals surface area contributed by atoms with Crippen molar-refractivity contribution in [1.82, 2.24) is 19.1 Å². The Morgan fingerprint density at radius 3 is 2.38 bits per heavy atom. The van der Waals surface area contributed by atoms with Crippen molar-refractivity contribution in [3.63, 3.8) is 0 Å². The van der Waals surface area contributed by atoms with Gasteiger partial charge in [0.1, 0.15) is 17.1 Å². The Balaban J connectivity index is 2.08. The lowest BCUT2D eigenvalue weighted by Crippen LogP contribution is -2.53. The number of carbonyl (C=O) groups excluding carboxylic acids is 1. The van der Waals surface area contributed by atoms with Crippen LogP contribution in [0.3, 0.4) is 0 Å². The molecule has 2 aliphatic heterocycles. The topological polar surface area (TPSA) is 194 Å². The summed E-state index contributed by atoms with van der Waals surface area (Å²) in [6, 6.07) is 3.53. The molecule has 14 nitrogen and oxygen atoms in total. The molecule has 0 saturated carbocycles. The van der Waals surface area contributed by atoms with Crippen LogP contribution in [0.4, 0.5) is 23.0 Å². The highest BCUT2D eigenvalue weighted by molar-refractivity contribution is 6.13. The van der Waals surface area contributed by atoms with E-state index in [1.54, 1.807) is 0 Å². The van der Waals surface area contributed by atoms with Gasteiger partial charge in [0.05, 0.1) is 16.1 Å². The number of aromatic amines is 2. The second-order valence-corrected chi connectivity index (χ2v) is 7.40. The number of hydrogen-bond acceptors (Lipinski definition) is 8. The highest BCUT2D eigenvalue weighted by atomic mass is 16.6. The van der Waals surface area contributed by atoms with E-state index >= 15 is 0 Å². The van der Waals surface area contributed by atoms with Gasteiger partial charge >= 0.3 is 11.4 Å². The number of nitrogens with one attached hydrogen (secondary N) is 4. The second-order valence-electron chi connectivity index (χ2n) is 7.40. The van der Waals surface area contributed by atoms with Gasteiger partial charge in [0.2, 0.25) is 5.91 Å². The van der Waals surface area contributed by atoms with Gasteiger partial charge in [-0.2, -0.15) is 0 Å². The number of nitro benzene ring substituents is 1. The fourth-order valence-corrected chi connectivity index (χ4v) is 4.41. The molecular formula is C18H13N7O7. The predicted molar refractivity (Wildman–Crippen MR) is 109 cm³/mol. The molecule has 0 fully saturated rings. The van der Waals surface area contributed by atoms with Gasteiger partial charge in [0, 0.05) is 37.5 Å². The molecule has 2 aromatic heterocycles. The van der Waals surface area contributed by atoms with Gasteiger partial charge in [-0.1, -0.05) is 0 Å². The summed E-state index contributed by atoms with van der Waals surface area (Å²) < 4.78 is 1.80. The van der Waals surface area contributed by atoms with E-state index in [0.717, 1.165) is 21.3 Å². The van der Waals surface area contributed by atoms with Gasteiger partial charge in [0.25, 0.3) is 16.8 Å². The minimum atomic E-state index is -2.17. The van der Waals surface area contributed by atoms with Crippen molar-refractivity contribution < 1.29 is 9.72 Å². The number of rotatable bonds is 1. The average Bonchev–Trinajstić information content (AvgIpc) is 3.01. The number of anilines is 3. The van der Waals surface area contributed by atoms with Crippen molar-refractivity contribution in [3.05, 3.63) is 86.7 Å². The molecule has 0 saturated heterocycles. The zero-order valence-electron chi connectivity index (χ0n) is 16.4. The molecule has 14 heteroatoms. The van der Waals surface area contributed by atoms with E-state index in [4.69, 9.17) is 0 Å². The van der Waals surface area contributed by atoms with Gasteiger partial charge in [-0.05, 0) is 6.07 Å². The largest absolute Gasteiger partial charge is 0.332 e. The fourth-order valence-electron chi connectivity index (χ4n) is 4.41. The van der Waals surface area contributed by atoms with E-state index in [0.29, 0.717) is 0 Å². The lowest BCUT2D eigenvalue weighted by molar-refractivity contribution is -0.384. The number of carbonyl (C=O) groups is 1. The summed E-state index contributed by atoms with van der Waals surface area (Å²) in [5, 5.41) is 16.7. The van der Waals surface area contributed by atoms with Gasteiger partial charge in [0.15, 0.2) is 0 Å². The smallest absolute Gasteiger partial charge is 0.327 e. The molecule has 0 radical (unpaired) electrons. The Bertz CT molecular complexity index is 1640. The van der Waals surface area contributed by atoms with Crippen LogP contribution in [0.15, 0.2) is 37.4 Å². The van der Waals surface area contributed by atoms with Crippen LogP contribution in [-0.2, 0) is 24.3 Å². The monoisotopic (exact) mass is 439 g/mol. The second kappa shape index (κ2) is 5.90. The summed E-state index contributed by atoms with van der Waals surface area (Å²) in [7, 11) is 2.53. The highest BCUT2D eigenvalue weighted by Gasteiger charge is 2.58. The van der Waals surface area contributed by atoms with Crippen molar-refractivity contribution in [1.29, 1.82) is 0 Å². The van der Waals surface area contributed by atoms with Crippen molar-refractivity contribution >= 4 is 28.9 Å². The first-order chi connectivity index (χ1) is 15.1. The summed E-state index contributed by atoms with van der Waals surface area (Å²) in [5.74, 6) is -1.20. The minimum Gasteiger partial charge on any atom is -0.327 e. The number of benzene rings is 1. The van der Waals surface area contributed by atoms with Crippen LogP contribution in [-0.4, -0.2) is 29.9 Å². The number of non-ortho nitro benzene ring substituents is 1.